The number of carbonyl (C=O) groups excluding carboxylic acids is 2. The fraction of sp³-hybridized carbons (Fsp3) is 0.562. The Labute approximate surface area is 274 Å². The molecule has 0 aliphatic carbocycles. The molecular weight excluding hydrogens is 671 g/mol. The summed E-state index contributed by atoms with van der Waals surface area (Å²) in [4.78, 5) is 31.8. The zero-order valence-corrected chi connectivity index (χ0v) is 27.4. The summed E-state index contributed by atoms with van der Waals surface area (Å²) in [7, 11) is -2.21. The van der Waals surface area contributed by atoms with Crippen LogP contribution in [0.4, 0.5) is 30.7 Å². The number of benzene rings is 2. The van der Waals surface area contributed by atoms with Crippen LogP contribution >= 0.6 is 0 Å². The highest BCUT2D eigenvalue weighted by molar-refractivity contribution is 7.90. The van der Waals surface area contributed by atoms with E-state index in [1.165, 1.54) is 30.1 Å². The van der Waals surface area contributed by atoms with Crippen molar-refractivity contribution in [3.05, 3.63) is 70.0 Å². The molecule has 2 heterocycles. The number of halogens is 7. The predicted molar refractivity (Wildman–Crippen MR) is 161 cm³/mol. The molecular formula is C32H38F7N3O5S. The second-order valence-electron chi connectivity index (χ2n) is 12.8. The van der Waals surface area contributed by atoms with Crippen molar-refractivity contribution in [3.63, 3.8) is 0 Å². The number of alkyl halides is 6. The Morgan fingerprint density at radius 2 is 1.60 bits per heavy atom. The third kappa shape index (κ3) is 9.26. The number of nitrogens with zero attached hydrogens (tertiary/aromatic N) is 3. The molecule has 2 aliphatic rings. The maximum absolute atomic E-state index is 14.1. The topological polar surface area (TPSA) is 98.2 Å². The number of aryl methyl sites for hydroxylation is 1. The van der Waals surface area contributed by atoms with E-state index in [0.29, 0.717) is 42.6 Å². The van der Waals surface area contributed by atoms with Gasteiger partial charge in [0, 0.05) is 57.9 Å². The van der Waals surface area contributed by atoms with Crippen LogP contribution in [0, 0.1) is 24.6 Å². The number of piperidine rings is 2. The monoisotopic (exact) mass is 709 g/mol. The molecule has 1 N–H and O–H groups in total. The first-order valence-corrected chi connectivity index (χ1v) is 17.4. The van der Waals surface area contributed by atoms with Crippen LogP contribution in [0.15, 0.2) is 36.4 Å². The highest BCUT2D eigenvalue weighted by Crippen LogP contribution is 2.39. The molecule has 4 atom stereocenters. The van der Waals surface area contributed by atoms with Gasteiger partial charge in [-0.05, 0) is 73.2 Å². The first kappa shape index (κ1) is 37.6. The van der Waals surface area contributed by atoms with Crippen LogP contribution in [0.1, 0.15) is 53.0 Å². The van der Waals surface area contributed by atoms with E-state index >= 15 is 0 Å². The van der Waals surface area contributed by atoms with Crippen molar-refractivity contribution in [1.29, 1.82) is 0 Å². The third-order valence-corrected chi connectivity index (χ3v) is 9.90. The molecule has 266 valence electrons. The Morgan fingerprint density at radius 3 is 2.17 bits per heavy atom. The zero-order valence-electron chi connectivity index (χ0n) is 26.6. The molecule has 2 aliphatic heterocycles. The van der Waals surface area contributed by atoms with E-state index in [2.05, 4.69) is 0 Å². The quantitative estimate of drug-likeness (QED) is 0.395. The lowest BCUT2D eigenvalue weighted by Crippen LogP contribution is -2.53. The van der Waals surface area contributed by atoms with Crippen LogP contribution in [0.2, 0.25) is 0 Å². The molecule has 2 aromatic rings. The lowest BCUT2D eigenvalue weighted by atomic mass is 9.77. The molecule has 4 unspecified atom stereocenters. The Hall–Kier alpha value is -3.24. The molecule has 0 aromatic heterocycles. The van der Waals surface area contributed by atoms with Gasteiger partial charge in [0.25, 0.3) is 0 Å². The largest absolute Gasteiger partial charge is 0.416 e. The van der Waals surface area contributed by atoms with Crippen molar-refractivity contribution in [2.75, 3.05) is 45.2 Å². The molecule has 0 radical (unpaired) electrons. The van der Waals surface area contributed by atoms with Gasteiger partial charge in [-0.3, -0.25) is 14.5 Å². The van der Waals surface area contributed by atoms with Gasteiger partial charge < -0.3 is 14.9 Å². The SMILES string of the molecule is Cc1cc(F)ccc1C1CN(C(=O)C2CCCN(C(O)CS(C)(=O)=O)C2)CCC1C(=O)N(C)Cc1cc(C(F)(F)F)cc(C(F)(F)F)c1. The maximum Gasteiger partial charge on any atom is 0.416 e. The van der Waals surface area contributed by atoms with Gasteiger partial charge in [0.05, 0.1) is 22.8 Å². The van der Waals surface area contributed by atoms with E-state index < -0.39 is 81.3 Å². The molecule has 8 nitrogen and oxygen atoms in total. The Kier molecular flexibility index (Phi) is 11.2. The van der Waals surface area contributed by atoms with Crippen molar-refractivity contribution in [3.8, 4) is 0 Å². The maximum atomic E-state index is 14.1. The molecule has 48 heavy (non-hydrogen) atoms. The summed E-state index contributed by atoms with van der Waals surface area (Å²) in [5.41, 5.74) is -2.30. The first-order valence-electron chi connectivity index (χ1n) is 15.3. The minimum absolute atomic E-state index is 0.0172. The minimum atomic E-state index is -5.05. The van der Waals surface area contributed by atoms with E-state index in [4.69, 9.17) is 0 Å². The van der Waals surface area contributed by atoms with Gasteiger partial charge in [-0.2, -0.15) is 26.3 Å². The fourth-order valence-electron chi connectivity index (χ4n) is 6.68. The lowest BCUT2D eigenvalue weighted by Gasteiger charge is -2.42. The average Bonchev–Trinajstić information content (AvgIpc) is 2.98. The van der Waals surface area contributed by atoms with Crippen molar-refractivity contribution in [2.45, 2.75) is 57.2 Å². The summed E-state index contributed by atoms with van der Waals surface area (Å²) in [5, 5.41) is 10.5. The normalized spacial score (nSPS) is 22.0. The molecule has 0 saturated carbocycles. The predicted octanol–water partition coefficient (Wildman–Crippen LogP) is 4.84. The van der Waals surface area contributed by atoms with Gasteiger partial charge in [0.2, 0.25) is 11.8 Å². The van der Waals surface area contributed by atoms with Crippen LogP contribution < -0.4 is 0 Å². The van der Waals surface area contributed by atoms with Crippen molar-refractivity contribution >= 4 is 21.7 Å². The van der Waals surface area contributed by atoms with Crippen LogP contribution in [0.25, 0.3) is 0 Å². The average molecular weight is 710 g/mol. The summed E-state index contributed by atoms with van der Waals surface area (Å²) in [5.74, 6) is -3.93. The molecule has 2 aromatic carbocycles. The van der Waals surface area contributed by atoms with Crippen LogP contribution in [0.3, 0.4) is 0 Å². The van der Waals surface area contributed by atoms with Gasteiger partial charge in [-0.25, -0.2) is 12.8 Å². The number of aliphatic hydroxyl groups is 1. The lowest BCUT2D eigenvalue weighted by molar-refractivity contribution is -0.145. The smallest absolute Gasteiger partial charge is 0.377 e. The number of sulfone groups is 1. The van der Waals surface area contributed by atoms with Gasteiger partial charge in [0.1, 0.15) is 12.0 Å². The summed E-state index contributed by atoms with van der Waals surface area (Å²) < 4.78 is 118. The minimum Gasteiger partial charge on any atom is -0.377 e. The summed E-state index contributed by atoms with van der Waals surface area (Å²) in [6.45, 7) is 1.75. The van der Waals surface area contributed by atoms with Crippen LogP contribution in [-0.2, 0) is 38.3 Å². The third-order valence-electron chi connectivity index (χ3n) is 8.99. The number of amides is 2. The van der Waals surface area contributed by atoms with E-state index in [0.717, 1.165) is 11.2 Å². The number of rotatable bonds is 8. The summed E-state index contributed by atoms with van der Waals surface area (Å²) in [6.07, 6.45) is -9.26. The van der Waals surface area contributed by atoms with Gasteiger partial charge in [-0.1, -0.05) is 6.07 Å². The number of aliphatic hydroxyl groups excluding tert-OH is 1. The molecule has 2 saturated heterocycles. The van der Waals surface area contributed by atoms with Crippen molar-refractivity contribution < 1.29 is 53.8 Å². The second kappa shape index (κ2) is 14.3. The molecule has 0 spiro atoms. The van der Waals surface area contributed by atoms with Gasteiger partial charge >= 0.3 is 12.4 Å². The molecule has 2 amide bonds. The van der Waals surface area contributed by atoms with E-state index in [9.17, 15) is 53.8 Å². The highest BCUT2D eigenvalue weighted by atomic mass is 32.2. The Morgan fingerprint density at radius 1 is 0.979 bits per heavy atom. The highest BCUT2D eigenvalue weighted by Gasteiger charge is 2.42. The number of likely N-dealkylation sites (tertiary alicyclic amines) is 2. The molecule has 4 rings (SSSR count). The van der Waals surface area contributed by atoms with Crippen LogP contribution in [-0.4, -0.2) is 91.5 Å². The van der Waals surface area contributed by atoms with E-state index in [1.54, 1.807) is 11.8 Å². The molecule has 2 fully saturated rings. The standard InChI is InChI=1S/C32H38F7N3O5S/c1-19-11-24(33)6-7-25(19)27-17-42(29(44)21-5-4-9-41(16-21)28(43)18-48(3,46)47)10-8-26(27)30(45)40(2)15-20-12-22(31(34,35)36)14-23(13-20)32(37,38)39/h6-7,11-14,21,26-28,43H,4-5,8-10,15-18H2,1-3H3. The Balaban J connectivity index is 1.57. The van der Waals surface area contributed by atoms with Crippen LogP contribution in [0.5, 0.6) is 0 Å². The number of carbonyl (C=O) groups is 2. The number of hydrogen-bond donors (Lipinski definition) is 1. The second-order valence-corrected chi connectivity index (χ2v) is 15.0. The summed E-state index contributed by atoms with van der Waals surface area (Å²) in [6, 6.07) is 5.13. The first-order chi connectivity index (χ1) is 22.1. The van der Waals surface area contributed by atoms with Gasteiger partial charge in [0.15, 0.2) is 9.84 Å². The number of hydrogen-bond acceptors (Lipinski definition) is 6. The van der Waals surface area contributed by atoms with Crippen molar-refractivity contribution in [2.24, 2.45) is 11.8 Å². The molecule has 0 bridgehead atoms. The summed E-state index contributed by atoms with van der Waals surface area (Å²) >= 11 is 0. The Bertz CT molecular complexity index is 1580. The van der Waals surface area contributed by atoms with E-state index in [-0.39, 0.29) is 43.6 Å². The zero-order chi connectivity index (χ0) is 35.8. The molecule has 16 heteroatoms. The van der Waals surface area contributed by atoms with E-state index in [1.807, 2.05) is 0 Å². The fourth-order valence-corrected chi connectivity index (χ4v) is 7.43. The van der Waals surface area contributed by atoms with Crippen molar-refractivity contribution in [1.82, 2.24) is 14.7 Å². The van der Waals surface area contributed by atoms with Gasteiger partial charge in [-0.15, -0.1) is 0 Å².